The Bertz CT molecular complexity index is 1700. The molecule has 17 nitrogen and oxygen atoms in total. The lowest BCUT2D eigenvalue weighted by Crippen LogP contribution is -2.30. The van der Waals surface area contributed by atoms with Gasteiger partial charge in [-0.05, 0) is 43.4 Å². The SMILES string of the molecule is CCCCCCCCCCCCCCC(=O)O[C@H](COC(=O)CCCCCCCCC(C)CC)COP(=O)(O)OC[C@H](O)COP(=O)(O)OC[C@@H](COC(=O)CCCCCCCCCCC(C)CC)OC(=O)CCCCCCCCCCC(C)CC. The van der Waals surface area contributed by atoms with Gasteiger partial charge in [0.1, 0.15) is 19.3 Å². The van der Waals surface area contributed by atoms with Gasteiger partial charge in [-0.25, -0.2) is 9.13 Å². The number of esters is 4. The van der Waals surface area contributed by atoms with Gasteiger partial charge in [-0.3, -0.25) is 37.3 Å². The van der Waals surface area contributed by atoms with Crippen LogP contribution in [0.4, 0.5) is 0 Å². The fourth-order valence-corrected chi connectivity index (χ4v) is 11.5. The molecule has 19 heteroatoms. The molecule has 3 N–H and O–H groups in total. The summed E-state index contributed by atoms with van der Waals surface area (Å²) in [5.41, 5.74) is 0. The second kappa shape index (κ2) is 58.2. The van der Waals surface area contributed by atoms with Gasteiger partial charge in [0.25, 0.3) is 0 Å². The third kappa shape index (κ3) is 57.2. The van der Waals surface area contributed by atoms with E-state index >= 15 is 0 Å². The van der Waals surface area contributed by atoms with Crippen LogP contribution in [0.25, 0.3) is 0 Å². The largest absolute Gasteiger partial charge is 0.472 e. The van der Waals surface area contributed by atoms with Gasteiger partial charge in [-0.15, -0.1) is 0 Å². The van der Waals surface area contributed by atoms with Crippen molar-refractivity contribution in [3.05, 3.63) is 0 Å². The summed E-state index contributed by atoms with van der Waals surface area (Å²) in [6.07, 6.45) is 40.1. The molecular weight excluding hydrogens is 1140 g/mol. The number of carbonyl (C=O) groups excluding carboxylic acids is 4. The highest BCUT2D eigenvalue weighted by Crippen LogP contribution is 2.45. The van der Waals surface area contributed by atoms with Crippen molar-refractivity contribution in [2.45, 2.75) is 349 Å². The Morgan fingerprint density at radius 2 is 0.558 bits per heavy atom. The maximum absolute atomic E-state index is 13.0. The van der Waals surface area contributed by atoms with Crippen LogP contribution in [0.5, 0.6) is 0 Å². The van der Waals surface area contributed by atoms with Gasteiger partial charge in [0, 0.05) is 25.7 Å². The first-order chi connectivity index (χ1) is 41.3. The molecule has 0 saturated heterocycles. The molecule has 0 fully saturated rings. The van der Waals surface area contributed by atoms with Crippen molar-refractivity contribution in [3.63, 3.8) is 0 Å². The molecule has 5 unspecified atom stereocenters. The lowest BCUT2D eigenvalue weighted by Gasteiger charge is -2.21. The van der Waals surface area contributed by atoms with E-state index in [1.54, 1.807) is 0 Å². The molecule has 0 heterocycles. The predicted octanol–water partition coefficient (Wildman–Crippen LogP) is 18.7. The number of carbonyl (C=O) groups is 4. The molecule has 0 saturated carbocycles. The molecular formula is C67H130O17P2. The number of unbranched alkanes of at least 4 members (excludes halogenated alkanes) is 30. The molecule has 0 amide bonds. The van der Waals surface area contributed by atoms with E-state index in [0.717, 1.165) is 114 Å². The minimum Gasteiger partial charge on any atom is -0.462 e. The summed E-state index contributed by atoms with van der Waals surface area (Å²) >= 11 is 0. The Labute approximate surface area is 524 Å². The van der Waals surface area contributed by atoms with E-state index < -0.39 is 97.5 Å². The van der Waals surface area contributed by atoms with Crippen molar-refractivity contribution in [2.24, 2.45) is 17.8 Å². The second-order valence-electron chi connectivity index (χ2n) is 24.9. The van der Waals surface area contributed by atoms with Crippen LogP contribution in [0.3, 0.4) is 0 Å². The molecule has 0 aliphatic rings. The zero-order valence-electron chi connectivity index (χ0n) is 55.8. The summed E-state index contributed by atoms with van der Waals surface area (Å²) < 4.78 is 68.2. The minimum absolute atomic E-state index is 0.104. The lowest BCUT2D eigenvalue weighted by molar-refractivity contribution is -0.161. The van der Waals surface area contributed by atoms with Crippen LogP contribution in [0, 0.1) is 17.8 Å². The van der Waals surface area contributed by atoms with Crippen LogP contribution < -0.4 is 0 Å². The predicted molar refractivity (Wildman–Crippen MR) is 344 cm³/mol. The van der Waals surface area contributed by atoms with Crippen molar-refractivity contribution >= 4 is 39.5 Å². The molecule has 510 valence electrons. The van der Waals surface area contributed by atoms with Gasteiger partial charge < -0.3 is 33.8 Å². The molecule has 0 aliphatic carbocycles. The minimum atomic E-state index is -4.95. The summed E-state index contributed by atoms with van der Waals surface area (Å²) in [6, 6.07) is 0. The maximum atomic E-state index is 13.0. The molecule has 0 aromatic carbocycles. The summed E-state index contributed by atoms with van der Waals surface area (Å²) in [5, 5.41) is 10.6. The summed E-state index contributed by atoms with van der Waals surface area (Å²) in [6.45, 7) is 11.8. The normalized spacial score (nSPS) is 15.2. The standard InChI is InChI=1S/C67H130O17P2/c1-8-12-13-14-15-16-17-18-19-27-36-43-50-66(71)83-63(55-78-65(70)49-42-35-30-29-33-40-47-60(7)11-4)57-82-86(75,76)80-53-61(68)52-79-85(73,74)81-56-62(84-67(72)51-44-37-28-23-21-25-32-39-46-59(6)10-3)54-77-64(69)48-41-34-26-22-20-24-31-38-45-58(5)9-2/h58-63,68H,8-57H2,1-7H3,(H,73,74)(H,75,76)/t58?,59?,60?,61-,62-,63-/m1/s1. The first kappa shape index (κ1) is 84.1. The molecule has 0 aromatic heterocycles. The molecule has 0 aliphatic heterocycles. The van der Waals surface area contributed by atoms with Crippen LogP contribution in [0.1, 0.15) is 331 Å². The molecule has 8 atom stereocenters. The molecule has 0 spiro atoms. The number of phosphoric ester groups is 2. The van der Waals surface area contributed by atoms with Gasteiger partial charge in [0.05, 0.1) is 26.4 Å². The van der Waals surface area contributed by atoms with E-state index in [1.165, 1.54) is 135 Å². The third-order valence-corrected chi connectivity index (χ3v) is 18.4. The first-order valence-electron chi connectivity index (χ1n) is 35.0. The Kier molecular flexibility index (Phi) is 56.9. The summed E-state index contributed by atoms with van der Waals surface area (Å²) in [4.78, 5) is 72.4. The molecule has 0 bridgehead atoms. The number of hydrogen-bond donors (Lipinski definition) is 3. The zero-order chi connectivity index (χ0) is 63.8. The number of rotatable bonds is 65. The number of hydrogen-bond acceptors (Lipinski definition) is 15. The average Bonchev–Trinajstić information content (AvgIpc) is 3.70. The molecule has 0 rings (SSSR count). The van der Waals surface area contributed by atoms with Crippen molar-refractivity contribution in [1.82, 2.24) is 0 Å². The molecule has 0 aromatic rings. The Morgan fingerprint density at radius 1 is 0.326 bits per heavy atom. The Hall–Kier alpha value is -1.94. The lowest BCUT2D eigenvalue weighted by atomic mass is 9.99. The maximum Gasteiger partial charge on any atom is 0.472 e. The first-order valence-corrected chi connectivity index (χ1v) is 38.0. The topological polar surface area (TPSA) is 237 Å². The van der Waals surface area contributed by atoms with E-state index in [4.69, 9.17) is 37.0 Å². The monoisotopic (exact) mass is 1270 g/mol. The van der Waals surface area contributed by atoms with Gasteiger partial charge in [-0.2, -0.15) is 0 Å². The van der Waals surface area contributed by atoms with Crippen LogP contribution in [-0.4, -0.2) is 96.7 Å². The fourth-order valence-electron chi connectivity index (χ4n) is 9.91. The zero-order valence-corrected chi connectivity index (χ0v) is 57.6. The third-order valence-electron chi connectivity index (χ3n) is 16.5. The summed E-state index contributed by atoms with van der Waals surface area (Å²) in [7, 11) is -9.90. The molecule has 86 heavy (non-hydrogen) atoms. The number of phosphoric acid groups is 2. The summed E-state index contributed by atoms with van der Waals surface area (Å²) in [5.74, 6) is 0.146. The quantitative estimate of drug-likeness (QED) is 0.0222. The van der Waals surface area contributed by atoms with Gasteiger partial charge in [0.15, 0.2) is 12.2 Å². The van der Waals surface area contributed by atoms with Gasteiger partial charge in [-0.1, -0.05) is 280 Å². The van der Waals surface area contributed by atoms with E-state index in [0.29, 0.717) is 25.7 Å². The highest BCUT2D eigenvalue weighted by atomic mass is 31.2. The van der Waals surface area contributed by atoms with Crippen LogP contribution >= 0.6 is 15.6 Å². The number of ether oxygens (including phenoxy) is 4. The highest BCUT2D eigenvalue weighted by molar-refractivity contribution is 7.47. The van der Waals surface area contributed by atoms with Crippen LogP contribution in [-0.2, 0) is 65.4 Å². The van der Waals surface area contributed by atoms with Crippen molar-refractivity contribution in [3.8, 4) is 0 Å². The van der Waals surface area contributed by atoms with Crippen molar-refractivity contribution in [1.29, 1.82) is 0 Å². The number of aliphatic hydroxyl groups is 1. The van der Waals surface area contributed by atoms with E-state index in [9.17, 15) is 43.2 Å². The number of aliphatic hydroxyl groups excluding tert-OH is 1. The smallest absolute Gasteiger partial charge is 0.462 e. The van der Waals surface area contributed by atoms with Crippen LogP contribution in [0.2, 0.25) is 0 Å². The Morgan fingerprint density at radius 3 is 0.826 bits per heavy atom. The van der Waals surface area contributed by atoms with Crippen LogP contribution in [0.15, 0.2) is 0 Å². The van der Waals surface area contributed by atoms with E-state index in [1.807, 2.05) is 0 Å². The Balaban J connectivity index is 5.27. The molecule has 0 radical (unpaired) electrons. The van der Waals surface area contributed by atoms with E-state index in [-0.39, 0.29) is 25.7 Å². The highest BCUT2D eigenvalue weighted by Gasteiger charge is 2.30. The van der Waals surface area contributed by atoms with E-state index in [2.05, 4.69) is 48.5 Å². The van der Waals surface area contributed by atoms with Crippen molar-refractivity contribution < 1.29 is 80.2 Å². The fraction of sp³-hybridized carbons (Fsp3) is 0.940. The van der Waals surface area contributed by atoms with Gasteiger partial charge >= 0.3 is 39.5 Å². The second-order valence-corrected chi connectivity index (χ2v) is 27.8. The average molecular weight is 1270 g/mol. The van der Waals surface area contributed by atoms with Crippen molar-refractivity contribution in [2.75, 3.05) is 39.6 Å². The van der Waals surface area contributed by atoms with Gasteiger partial charge in [0.2, 0.25) is 0 Å².